The highest BCUT2D eigenvalue weighted by molar-refractivity contribution is 7.99. The van der Waals surface area contributed by atoms with Gasteiger partial charge in [-0.2, -0.15) is 0 Å². The Morgan fingerprint density at radius 3 is 2.83 bits per heavy atom. The number of carbonyl (C=O) groups excluding carboxylic acids is 2. The Balaban J connectivity index is 1.41. The summed E-state index contributed by atoms with van der Waals surface area (Å²) >= 11 is 1.27. The van der Waals surface area contributed by atoms with Gasteiger partial charge in [0, 0.05) is 11.4 Å². The summed E-state index contributed by atoms with van der Waals surface area (Å²) in [5.74, 6) is 0.193. The van der Waals surface area contributed by atoms with Crippen LogP contribution in [0.15, 0.2) is 35.5 Å². The molecule has 2 aromatic heterocycles. The fourth-order valence-electron chi connectivity index (χ4n) is 4.00. The highest BCUT2D eigenvalue weighted by atomic mass is 32.2. The van der Waals surface area contributed by atoms with Gasteiger partial charge >= 0.3 is 6.03 Å². The van der Waals surface area contributed by atoms with Gasteiger partial charge in [-0.25, -0.2) is 4.79 Å². The van der Waals surface area contributed by atoms with Gasteiger partial charge in [0.2, 0.25) is 5.91 Å². The van der Waals surface area contributed by atoms with Gasteiger partial charge in [-0.1, -0.05) is 49.7 Å². The van der Waals surface area contributed by atoms with Gasteiger partial charge < -0.3 is 5.32 Å². The molecule has 1 fully saturated rings. The lowest BCUT2D eigenvalue weighted by Crippen LogP contribution is -2.48. The third kappa shape index (κ3) is 4.22. The first kappa shape index (κ1) is 19.7. The standard InChI is InChI=1S/C21H25N5O2S/c1-13-7-3-5-9-16(13)22-20(28)23-19(27)12-29-21-25-24-18-11-14(2)15-8-4-6-10-17(15)26(18)21/h4,6,8,10-11,13,16H,3,5,7,9,12H2,1-2H3,(H2,22,23,27,28). The van der Waals surface area contributed by atoms with Crippen molar-refractivity contribution in [3.63, 3.8) is 0 Å². The van der Waals surface area contributed by atoms with E-state index in [9.17, 15) is 9.59 Å². The van der Waals surface area contributed by atoms with Crippen LogP contribution in [-0.2, 0) is 4.79 Å². The minimum Gasteiger partial charge on any atom is -0.335 e. The monoisotopic (exact) mass is 411 g/mol. The highest BCUT2D eigenvalue weighted by Crippen LogP contribution is 2.26. The maximum absolute atomic E-state index is 12.3. The minimum absolute atomic E-state index is 0.0939. The molecule has 1 saturated carbocycles. The summed E-state index contributed by atoms with van der Waals surface area (Å²) in [7, 11) is 0. The van der Waals surface area contributed by atoms with Gasteiger partial charge in [0.05, 0.1) is 11.3 Å². The number of nitrogens with one attached hydrogen (secondary N) is 2. The third-order valence-electron chi connectivity index (χ3n) is 5.59. The predicted octanol–water partition coefficient (Wildman–Crippen LogP) is 3.69. The van der Waals surface area contributed by atoms with E-state index in [-0.39, 0.29) is 17.7 Å². The second-order valence-electron chi connectivity index (χ2n) is 7.70. The van der Waals surface area contributed by atoms with Crippen molar-refractivity contribution in [1.29, 1.82) is 0 Å². The molecule has 4 rings (SSSR count). The van der Waals surface area contributed by atoms with Crippen LogP contribution in [0.2, 0.25) is 0 Å². The number of amides is 3. The van der Waals surface area contributed by atoms with Crippen LogP contribution in [0.3, 0.4) is 0 Å². The molecule has 2 atom stereocenters. The van der Waals surface area contributed by atoms with Crippen LogP contribution in [0.25, 0.3) is 16.6 Å². The zero-order valence-electron chi connectivity index (χ0n) is 16.6. The normalized spacial score (nSPS) is 19.4. The number of aryl methyl sites for hydroxylation is 1. The summed E-state index contributed by atoms with van der Waals surface area (Å²) in [6.07, 6.45) is 4.40. The molecular weight excluding hydrogens is 386 g/mol. The topological polar surface area (TPSA) is 88.4 Å². The number of urea groups is 1. The Kier molecular flexibility index (Phi) is 5.71. The Labute approximate surface area is 173 Å². The van der Waals surface area contributed by atoms with Crippen molar-refractivity contribution >= 4 is 40.3 Å². The van der Waals surface area contributed by atoms with Crippen molar-refractivity contribution in [3.05, 3.63) is 35.9 Å². The van der Waals surface area contributed by atoms with E-state index in [2.05, 4.69) is 33.8 Å². The molecule has 2 N–H and O–H groups in total. The predicted molar refractivity (Wildman–Crippen MR) is 114 cm³/mol. The number of hydrogen-bond acceptors (Lipinski definition) is 5. The van der Waals surface area contributed by atoms with E-state index >= 15 is 0 Å². The number of pyridine rings is 1. The number of fused-ring (bicyclic) bond motifs is 3. The van der Waals surface area contributed by atoms with Crippen molar-refractivity contribution in [2.45, 2.75) is 50.7 Å². The lowest BCUT2D eigenvalue weighted by atomic mass is 9.86. The van der Waals surface area contributed by atoms with E-state index < -0.39 is 6.03 Å². The average Bonchev–Trinajstić information content (AvgIpc) is 3.11. The van der Waals surface area contributed by atoms with Crippen LogP contribution in [0.5, 0.6) is 0 Å². The molecule has 3 amide bonds. The second kappa shape index (κ2) is 8.41. The maximum atomic E-state index is 12.3. The molecule has 152 valence electrons. The van der Waals surface area contributed by atoms with E-state index in [4.69, 9.17) is 0 Å². The molecular formula is C21H25N5O2S. The minimum atomic E-state index is -0.415. The molecule has 1 aliphatic carbocycles. The molecule has 2 unspecified atom stereocenters. The van der Waals surface area contributed by atoms with E-state index in [0.717, 1.165) is 41.4 Å². The number of benzene rings is 1. The molecule has 8 heteroatoms. The van der Waals surface area contributed by atoms with E-state index in [1.54, 1.807) is 0 Å². The second-order valence-corrected chi connectivity index (χ2v) is 8.64. The van der Waals surface area contributed by atoms with Crippen molar-refractivity contribution < 1.29 is 9.59 Å². The summed E-state index contributed by atoms with van der Waals surface area (Å²) in [4.78, 5) is 24.4. The summed E-state index contributed by atoms with van der Waals surface area (Å²) in [6.45, 7) is 4.19. The van der Waals surface area contributed by atoms with E-state index in [1.165, 1.54) is 18.2 Å². The first-order valence-corrected chi connectivity index (χ1v) is 11.0. The molecule has 7 nitrogen and oxygen atoms in total. The summed E-state index contributed by atoms with van der Waals surface area (Å²) in [5, 5.41) is 15.6. The number of rotatable bonds is 4. The van der Waals surface area contributed by atoms with Gasteiger partial charge in [-0.15, -0.1) is 10.2 Å². The fraction of sp³-hybridized carbons (Fsp3) is 0.429. The van der Waals surface area contributed by atoms with Crippen molar-refractivity contribution in [2.75, 3.05) is 5.75 Å². The van der Waals surface area contributed by atoms with Gasteiger partial charge in [0.1, 0.15) is 0 Å². The summed E-state index contributed by atoms with van der Waals surface area (Å²) in [5.41, 5.74) is 2.87. The largest absolute Gasteiger partial charge is 0.335 e. The smallest absolute Gasteiger partial charge is 0.321 e. The average molecular weight is 412 g/mol. The number of aromatic nitrogens is 3. The quantitative estimate of drug-likeness (QED) is 0.639. The molecule has 1 aliphatic rings. The molecule has 0 spiro atoms. The Morgan fingerprint density at radius 2 is 2.00 bits per heavy atom. The molecule has 0 bridgehead atoms. The van der Waals surface area contributed by atoms with E-state index in [1.807, 2.05) is 35.6 Å². The van der Waals surface area contributed by atoms with Crippen molar-refractivity contribution in [3.8, 4) is 0 Å². The van der Waals surface area contributed by atoms with Crippen LogP contribution in [0.4, 0.5) is 4.79 Å². The van der Waals surface area contributed by atoms with Crippen molar-refractivity contribution in [2.24, 2.45) is 5.92 Å². The number of thioether (sulfide) groups is 1. The molecule has 29 heavy (non-hydrogen) atoms. The third-order valence-corrected chi connectivity index (χ3v) is 6.52. The zero-order valence-corrected chi connectivity index (χ0v) is 17.5. The molecule has 0 saturated heterocycles. The Hall–Kier alpha value is -2.61. The van der Waals surface area contributed by atoms with Gasteiger partial charge in [-0.3, -0.25) is 14.5 Å². The van der Waals surface area contributed by atoms with Crippen molar-refractivity contribution in [1.82, 2.24) is 25.2 Å². The number of para-hydroxylation sites is 1. The first-order valence-electron chi connectivity index (χ1n) is 9.99. The van der Waals surface area contributed by atoms with Crippen LogP contribution >= 0.6 is 11.8 Å². The molecule has 0 radical (unpaired) electrons. The van der Waals surface area contributed by atoms with Gasteiger partial charge in [-0.05, 0) is 43.4 Å². The van der Waals surface area contributed by atoms with Crippen LogP contribution in [-0.4, -0.2) is 38.3 Å². The number of hydrogen-bond donors (Lipinski definition) is 2. The number of nitrogens with zero attached hydrogens (tertiary/aromatic N) is 3. The fourth-order valence-corrected chi connectivity index (χ4v) is 4.75. The maximum Gasteiger partial charge on any atom is 0.321 e. The SMILES string of the molecule is Cc1cc2nnc(SCC(=O)NC(=O)NC3CCCCC3C)n2c2ccccc12. The van der Waals surface area contributed by atoms with Gasteiger partial charge in [0.25, 0.3) is 0 Å². The van der Waals surface area contributed by atoms with Crippen LogP contribution in [0.1, 0.15) is 38.2 Å². The molecule has 2 heterocycles. The van der Waals surface area contributed by atoms with Gasteiger partial charge in [0.15, 0.2) is 10.8 Å². The number of carbonyl (C=O) groups is 2. The molecule has 3 aromatic rings. The Bertz CT molecular complexity index is 1060. The molecule has 1 aromatic carbocycles. The summed E-state index contributed by atoms with van der Waals surface area (Å²) < 4.78 is 1.95. The first-order chi connectivity index (χ1) is 14.0. The lowest BCUT2D eigenvalue weighted by Gasteiger charge is -2.29. The zero-order chi connectivity index (χ0) is 20.4. The lowest BCUT2D eigenvalue weighted by molar-refractivity contribution is -0.117. The highest BCUT2D eigenvalue weighted by Gasteiger charge is 2.23. The number of imide groups is 1. The van der Waals surface area contributed by atoms with E-state index in [0.29, 0.717) is 11.1 Å². The van der Waals surface area contributed by atoms with Crippen LogP contribution in [0, 0.1) is 12.8 Å². The molecule has 0 aliphatic heterocycles. The van der Waals surface area contributed by atoms with Crippen LogP contribution < -0.4 is 10.6 Å². The summed E-state index contributed by atoms with van der Waals surface area (Å²) in [6, 6.07) is 9.75. The Morgan fingerprint density at radius 1 is 1.21 bits per heavy atom.